The average molecular weight is 495 g/mol. The normalized spacial score (nSPS) is 17.9. The van der Waals surface area contributed by atoms with E-state index < -0.39 is 6.04 Å². The maximum Gasteiger partial charge on any atom is 0.290 e. The fourth-order valence-corrected chi connectivity index (χ4v) is 5.09. The highest BCUT2D eigenvalue weighted by Gasteiger charge is 2.43. The first-order valence-electron chi connectivity index (χ1n) is 12.0. The van der Waals surface area contributed by atoms with Gasteiger partial charge in [-0.15, -0.1) is 0 Å². The zero-order chi connectivity index (χ0) is 25.2. The molecule has 0 aliphatic carbocycles. The third-order valence-electron chi connectivity index (χ3n) is 6.85. The number of carbonyl (C=O) groups excluding carboxylic acids is 1. The number of hydrogen-bond acceptors (Lipinski definition) is 8. The Morgan fingerprint density at radius 3 is 2.31 bits per heavy atom. The number of ether oxygens (including phenoxy) is 4. The highest BCUT2D eigenvalue weighted by molar-refractivity contribution is 5.99. The molecule has 2 aliphatic rings. The average Bonchev–Trinajstić information content (AvgIpc) is 3.20. The van der Waals surface area contributed by atoms with Crippen molar-refractivity contribution in [1.29, 1.82) is 0 Å². The lowest BCUT2D eigenvalue weighted by Crippen LogP contribution is -2.38. The van der Waals surface area contributed by atoms with Gasteiger partial charge in [-0.25, -0.2) is 0 Å². The Kier molecular flexibility index (Phi) is 6.84. The molecule has 3 aromatic rings. The van der Waals surface area contributed by atoms with Gasteiger partial charge in [-0.3, -0.25) is 14.5 Å². The Balaban J connectivity index is 1.59. The van der Waals surface area contributed by atoms with Crippen LogP contribution in [0.25, 0.3) is 11.0 Å². The maximum atomic E-state index is 13.7. The van der Waals surface area contributed by atoms with Gasteiger partial charge in [0.2, 0.25) is 11.5 Å². The van der Waals surface area contributed by atoms with Gasteiger partial charge in [-0.05, 0) is 36.2 Å². The molecule has 0 bridgehead atoms. The molecule has 3 heterocycles. The molecule has 9 heteroatoms. The lowest BCUT2D eigenvalue weighted by Gasteiger charge is -2.29. The third-order valence-corrected chi connectivity index (χ3v) is 6.85. The van der Waals surface area contributed by atoms with Gasteiger partial charge in [0.1, 0.15) is 5.58 Å². The molecule has 2 aromatic carbocycles. The van der Waals surface area contributed by atoms with Crippen LogP contribution >= 0.6 is 0 Å². The van der Waals surface area contributed by atoms with Gasteiger partial charge in [0.15, 0.2) is 16.9 Å². The highest BCUT2D eigenvalue weighted by atomic mass is 16.5. The van der Waals surface area contributed by atoms with Crippen molar-refractivity contribution in [2.75, 3.05) is 60.7 Å². The number of hydrogen-bond donors (Lipinski definition) is 0. The number of methoxy groups -OCH3 is 3. The molecule has 1 saturated heterocycles. The molecule has 0 unspecified atom stereocenters. The van der Waals surface area contributed by atoms with E-state index in [-0.39, 0.29) is 17.1 Å². The van der Waals surface area contributed by atoms with Crippen LogP contribution in [0.3, 0.4) is 0 Å². The number of carbonyl (C=O) groups is 1. The molecule has 1 aromatic heterocycles. The molecule has 36 heavy (non-hydrogen) atoms. The summed E-state index contributed by atoms with van der Waals surface area (Å²) in [6.45, 7) is 4.46. The van der Waals surface area contributed by atoms with Crippen molar-refractivity contribution in [1.82, 2.24) is 9.80 Å². The molecule has 2 aliphatic heterocycles. The minimum absolute atomic E-state index is 0.0869. The Morgan fingerprint density at radius 1 is 0.944 bits per heavy atom. The summed E-state index contributed by atoms with van der Waals surface area (Å²) < 4.78 is 28.1. The van der Waals surface area contributed by atoms with Gasteiger partial charge in [-0.1, -0.05) is 12.1 Å². The van der Waals surface area contributed by atoms with E-state index in [0.717, 1.165) is 26.1 Å². The lowest BCUT2D eigenvalue weighted by molar-refractivity contribution is 0.0353. The summed E-state index contributed by atoms with van der Waals surface area (Å²) in [6.07, 6.45) is 0.744. The third kappa shape index (κ3) is 4.18. The van der Waals surface area contributed by atoms with Crippen LogP contribution in [0, 0.1) is 0 Å². The summed E-state index contributed by atoms with van der Waals surface area (Å²) in [6, 6.07) is 9.94. The smallest absolute Gasteiger partial charge is 0.290 e. The fourth-order valence-electron chi connectivity index (χ4n) is 5.09. The second kappa shape index (κ2) is 10.2. The van der Waals surface area contributed by atoms with Crippen molar-refractivity contribution in [3.05, 3.63) is 63.5 Å². The molecule has 0 radical (unpaired) electrons. The second-order valence-electron chi connectivity index (χ2n) is 8.84. The van der Waals surface area contributed by atoms with Crippen LogP contribution in [0.5, 0.6) is 17.2 Å². The topological polar surface area (TPSA) is 90.7 Å². The van der Waals surface area contributed by atoms with Crippen molar-refractivity contribution < 1.29 is 28.2 Å². The first kappa shape index (κ1) is 24.1. The van der Waals surface area contributed by atoms with Crippen LogP contribution in [0.2, 0.25) is 0 Å². The van der Waals surface area contributed by atoms with Gasteiger partial charge in [0.25, 0.3) is 5.91 Å². The van der Waals surface area contributed by atoms with Crippen LogP contribution in [-0.4, -0.2) is 76.4 Å². The summed E-state index contributed by atoms with van der Waals surface area (Å²) in [5.41, 5.74) is 1.20. The Morgan fingerprint density at radius 2 is 1.64 bits per heavy atom. The van der Waals surface area contributed by atoms with E-state index in [9.17, 15) is 9.59 Å². The van der Waals surface area contributed by atoms with Crippen molar-refractivity contribution in [3.63, 3.8) is 0 Å². The minimum atomic E-state index is -0.647. The van der Waals surface area contributed by atoms with Gasteiger partial charge < -0.3 is 28.3 Å². The predicted octanol–water partition coefficient (Wildman–Crippen LogP) is 3.09. The summed E-state index contributed by atoms with van der Waals surface area (Å²) in [5.74, 6) is 1.13. The Hall–Kier alpha value is -3.56. The van der Waals surface area contributed by atoms with Gasteiger partial charge in [0, 0.05) is 26.2 Å². The van der Waals surface area contributed by atoms with Gasteiger partial charge in [-0.2, -0.15) is 0 Å². The Bertz CT molecular complexity index is 1300. The van der Waals surface area contributed by atoms with Crippen LogP contribution < -0.4 is 19.6 Å². The SMILES string of the molecule is COc1cc([C@@H]2c3c(oc4ccccc4c3=O)C(=O)N2CCCN2CCOCC2)cc(OC)c1OC. The zero-order valence-electron chi connectivity index (χ0n) is 20.7. The fraction of sp³-hybridized carbons (Fsp3) is 0.407. The number of rotatable bonds is 8. The molecule has 1 atom stereocenters. The lowest BCUT2D eigenvalue weighted by atomic mass is 9.97. The van der Waals surface area contributed by atoms with Crippen molar-refractivity contribution in [2.45, 2.75) is 12.5 Å². The molecule has 0 spiro atoms. The maximum absolute atomic E-state index is 13.7. The van der Waals surface area contributed by atoms with Gasteiger partial charge >= 0.3 is 0 Å². The van der Waals surface area contributed by atoms with Crippen molar-refractivity contribution in [3.8, 4) is 17.2 Å². The zero-order valence-corrected chi connectivity index (χ0v) is 20.7. The standard InChI is InChI=1S/C27H30N2O7/c1-32-20-15-17(16-21(33-2)25(20)34-3)23-22-24(30)18-7-4-5-8-19(18)36-26(22)27(31)29(23)10-6-9-28-11-13-35-14-12-28/h4-5,7-8,15-16,23H,6,9-14H2,1-3H3/t23-/m1/s1. The molecular weight excluding hydrogens is 464 g/mol. The van der Waals surface area contributed by atoms with E-state index >= 15 is 0 Å². The quantitative estimate of drug-likeness (QED) is 0.472. The summed E-state index contributed by atoms with van der Waals surface area (Å²) >= 11 is 0. The van der Waals surface area contributed by atoms with Gasteiger partial charge in [0.05, 0.1) is 51.5 Å². The van der Waals surface area contributed by atoms with Crippen molar-refractivity contribution >= 4 is 16.9 Å². The Labute approximate surface area is 209 Å². The van der Waals surface area contributed by atoms with Crippen molar-refractivity contribution in [2.24, 2.45) is 0 Å². The molecule has 0 N–H and O–H groups in total. The molecule has 0 saturated carbocycles. The first-order chi connectivity index (χ1) is 17.6. The molecule has 9 nitrogen and oxygen atoms in total. The van der Waals surface area contributed by atoms with Crippen LogP contribution in [0.1, 0.15) is 34.1 Å². The molecule has 190 valence electrons. The van der Waals surface area contributed by atoms with E-state index in [2.05, 4.69) is 4.90 Å². The number of para-hydroxylation sites is 1. The van der Waals surface area contributed by atoms with Crippen LogP contribution in [0.4, 0.5) is 0 Å². The summed E-state index contributed by atoms with van der Waals surface area (Å²) in [5, 5.41) is 0.441. The van der Waals surface area contributed by atoms with E-state index in [0.29, 0.717) is 59.1 Å². The summed E-state index contributed by atoms with van der Waals surface area (Å²) in [7, 11) is 4.61. The van der Waals surface area contributed by atoms with Crippen LogP contribution in [0.15, 0.2) is 45.6 Å². The summed E-state index contributed by atoms with van der Waals surface area (Å²) in [4.78, 5) is 31.4. The number of nitrogens with zero attached hydrogens (tertiary/aromatic N) is 2. The number of benzene rings is 2. The molecular formula is C27H30N2O7. The second-order valence-corrected chi connectivity index (χ2v) is 8.84. The molecule has 5 rings (SSSR count). The van der Waals surface area contributed by atoms with Crippen LogP contribution in [-0.2, 0) is 4.74 Å². The number of amides is 1. The van der Waals surface area contributed by atoms with E-state index in [4.69, 9.17) is 23.4 Å². The van der Waals surface area contributed by atoms with E-state index in [1.807, 2.05) is 0 Å². The number of fused-ring (bicyclic) bond motifs is 2. The minimum Gasteiger partial charge on any atom is -0.493 e. The largest absolute Gasteiger partial charge is 0.493 e. The number of morpholine rings is 1. The van der Waals surface area contributed by atoms with E-state index in [1.54, 1.807) is 41.3 Å². The highest BCUT2D eigenvalue weighted by Crippen LogP contribution is 2.45. The molecule has 1 amide bonds. The molecule has 1 fully saturated rings. The predicted molar refractivity (Wildman–Crippen MR) is 133 cm³/mol. The monoisotopic (exact) mass is 494 g/mol. The van der Waals surface area contributed by atoms with E-state index in [1.165, 1.54) is 21.3 Å². The first-order valence-corrected chi connectivity index (χ1v) is 12.0.